The first-order valence-electron chi connectivity index (χ1n) is 5.37. The molecule has 0 saturated carbocycles. The van der Waals surface area contributed by atoms with E-state index in [4.69, 9.17) is 11.6 Å². The third kappa shape index (κ3) is 4.36. The van der Waals surface area contributed by atoms with E-state index in [1.54, 1.807) is 12.3 Å². The summed E-state index contributed by atoms with van der Waals surface area (Å²) in [6.07, 6.45) is 1.65. The molecule has 0 heterocycles. The van der Waals surface area contributed by atoms with Crippen LogP contribution in [-0.4, -0.2) is 27.2 Å². The van der Waals surface area contributed by atoms with Crippen molar-refractivity contribution in [2.75, 3.05) is 12.8 Å². The molecule has 0 saturated heterocycles. The first kappa shape index (κ1) is 15.1. The van der Waals surface area contributed by atoms with Gasteiger partial charge in [-0.3, -0.25) is 14.3 Å². The minimum atomic E-state index is -0.875. The highest BCUT2D eigenvalue weighted by atomic mass is 35.5. The Morgan fingerprint density at radius 1 is 1.56 bits per heavy atom. The topological polar surface area (TPSA) is 72.2 Å². The lowest BCUT2D eigenvalue weighted by molar-refractivity contribution is -0.384. The van der Waals surface area contributed by atoms with E-state index in [0.717, 1.165) is 5.56 Å². The summed E-state index contributed by atoms with van der Waals surface area (Å²) in [6, 6.07) is 4.69. The summed E-state index contributed by atoms with van der Waals surface area (Å²) in [5.41, 5.74) is 0.684. The monoisotopic (exact) mass is 290 g/mol. The van der Waals surface area contributed by atoms with Gasteiger partial charge in [-0.1, -0.05) is 17.7 Å². The Kier molecular flexibility index (Phi) is 5.71. The molecule has 100 valence electrons. The minimum absolute atomic E-state index is 0.0484. The van der Waals surface area contributed by atoms with Gasteiger partial charge in [0.15, 0.2) is 0 Å². The van der Waals surface area contributed by atoms with Crippen LogP contribution < -0.4 is 5.32 Å². The molecule has 0 aliphatic heterocycles. The van der Waals surface area contributed by atoms with Crippen molar-refractivity contribution < 1.29 is 9.13 Å². The molecule has 0 fully saturated rings. The van der Waals surface area contributed by atoms with Crippen molar-refractivity contribution in [1.29, 1.82) is 0 Å². The smallest absolute Gasteiger partial charge is 0.288 e. The molecule has 1 N–H and O–H groups in total. The second-order valence-electron chi connectivity index (χ2n) is 3.98. The van der Waals surface area contributed by atoms with Crippen LogP contribution in [0.3, 0.4) is 0 Å². The molecule has 5 nitrogen and oxygen atoms in total. The van der Waals surface area contributed by atoms with Gasteiger partial charge in [-0.2, -0.15) is 0 Å². The zero-order chi connectivity index (χ0) is 13.7. The van der Waals surface area contributed by atoms with E-state index >= 15 is 0 Å². The molecule has 2 unspecified atom stereocenters. The number of nitro groups is 1. The number of rotatable bonds is 6. The normalized spacial score (nSPS) is 14.2. The van der Waals surface area contributed by atoms with Crippen LogP contribution in [0, 0.1) is 10.1 Å². The summed E-state index contributed by atoms with van der Waals surface area (Å²) >= 11 is 5.71. The van der Waals surface area contributed by atoms with Crippen molar-refractivity contribution in [3.8, 4) is 0 Å². The Morgan fingerprint density at radius 3 is 2.78 bits per heavy atom. The van der Waals surface area contributed by atoms with Gasteiger partial charge in [0.05, 0.1) is 4.92 Å². The zero-order valence-corrected chi connectivity index (χ0v) is 11.8. The Hall–Kier alpha value is -0.980. The van der Waals surface area contributed by atoms with Crippen LogP contribution in [0.15, 0.2) is 18.2 Å². The molecule has 0 amide bonds. The second-order valence-corrected chi connectivity index (χ2v) is 6.19. The molecule has 7 heteroatoms. The predicted octanol–water partition coefficient (Wildman–Crippen LogP) is 2.10. The highest BCUT2D eigenvalue weighted by molar-refractivity contribution is 7.84. The van der Waals surface area contributed by atoms with Gasteiger partial charge in [-0.25, -0.2) is 0 Å². The molecule has 0 aromatic heterocycles. The predicted molar refractivity (Wildman–Crippen MR) is 73.3 cm³/mol. The van der Waals surface area contributed by atoms with Crippen LogP contribution in [-0.2, 0) is 17.3 Å². The zero-order valence-electron chi connectivity index (χ0n) is 10.2. The van der Waals surface area contributed by atoms with E-state index in [-0.39, 0.29) is 16.0 Å². The van der Waals surface area contributed by atoms with Gasteiger partial charge in [0.1, 0.15) is 5.02 Å². The fourth-order valence-corrected chi connectivity index (χ4v) is 1.88. The van der Waals surface area contributed by atoms with Crippen molar-refractivity contribution >= 4 is 28.1 Å². The molecule has 0 spiro atoms. The van der Waals surface area contributed by atoms with Gasteiger partial charge < -0.3 is 5.32 Å². The Balaban J connectivity index is 2.61. The molecular formula is C11H15ClN2O3S. The van der Waals surface area contributed by atoms with Crippen LogP contribution in [0.5, 0.6) is 0 Å². The summed E-state index contributed by atoms with van der Waals surface area (Å²) in [5, 5.41) is 14.0. The Labute approximate surface area is 113 Å². The van der Waals surface area contributed by atoms with Crippen molar-refractivity contribution in [2.24, 2.45) is 0 Å². The number of benzene rings is 1. The summed E-state index contributed by atoms with van der Waals surface area (Å²) in [7, 11) is -0.875. The van der Waals surface area contributed by atoms with E-state index in [0.29, 0.717) is 13.1 Å². The van der Waals surface area contributed by atoms with E-state index in [2.05, 4.69) is 5.32 Å². The van der Waals surface area contributed by atoms with E-state index in [1.165, 1.54) is 12.1 Å². The van der Waals surface area contributed by atoms with Gasteiger partial charge in [0.2, 0.25) is 0 Å². The Morgan fingerprint density at radius 2 is 2.22 bits per heavy atom. The van der Waals surface area contributed by atoms with Crippen molar-refractivity contribution in [2.45, 2.75) is 18.7 Å². The number of hydrogen-bond acceptors (Lipinski definition) is 4. The maximum Gasteiger partial charge on any atom is 0.288 e. The minimum Gasteiger partial charge on any atom is -0.311 e. The van der Waals surface area contributed by atoms with E-state index in [1.807, 2.05) is 6.92 Å². The van der Waals surface area contributed by atoms with Crippen LogP contribution in [0.25, 0.3) is 0 Å². The summed E-state index contributed by atoms with van der Waals surface area (Å²) < 4.78 is 11.1. The summed E-state index contributed by atoms with van der Waals surface area (Å²) in [6.45, 7) is 2.96. The number of nitrogens with one attached hydrogen (secondary N) is 1. The third-order valence-corrected chi connectivity index (χ3v) is 4.15. The fraction of sp³-hybridized carbons (Fsp3) is 0.455. The quantitative estimate of drug-likeness (QED) is 0.643. The fourth-order valence-electron chi connectivity index (χ4n) is 1.35. The lowest BCUT2D eigenvalue weighted by Crippen LogP contribution is -2.27. The molecule has 1 aromatic rings. The maximum absolute atomic E-state index is 11.1. The summed E-state index contributed by atoms with van der Waals surface area (Å²) in [5.74, 6) is 0. The highest BCUT2D eigenvalue weighted by Crippen LogP contribution is 2.24. The molecule has 0 aliphatic carbocycles. The lowest BCUT2D eigenvalue weighted by Gasteiger charge is -2.09. The largest absolute Gasteiger partial charge is 0.311 e. The molecule has 1 aromatic carbocycles. The standard InChI is InChI=1S/C11H15ClN2O3S/c1-8(18(2)17)6-13-7-9-3-4-10(12)11(5-9)14(15)16/h3-5,8,13H,6-7H2,1-2H3. The van der Waals surface area contributed by atoms with E-state index in [9.17, 15) is 14.3 Å². The second kappa shape index (κ2) is 6.82. The van der Waals surface area contributed by atoms with Gasteiger partial charge in [0, 0.05) is 41.5 Å². The number of nitro benzene ring substituents is 1. The first-order chi connectivity index (χ1) is 8.41. The molecule has 0 radical (unpaired) electrons. The van der Waals surface area contributed by atoms with Gasteiger partial charge in [0.25, 0.3) is 5.69 Å². The van der Waals surface area contributed by atoms with Crippen molar-refractivity contribution in [3.05, 3.63) is 38.9 Å². The highest BCUT2D eigenvalue weighted by Gasteiger charge is 2.12. The van der Waals surface area contributed by atoms with E-state index < -0.39 is 15.7 Å². The molecule has 18 heavy (non-hydrogen) atoms. The third-order valence-electron chi connectivity index (χ3n) is 2.53. The van der Waals surface area contributed by atoms with Crippen LogP contribution in [0.4, 0.5) is 5.69 Å². The average molecular weight is 291 g/mol. The SMILES string of the molecule is CC(CNCc1ccc(Cl)c([N+](=O)[O-])c1)S(C)=O. The maximum atomic E-state index is 11.1. The summed E-state index contributed by atoms with van der Waals surface area (Å²) in [4.78, 5) is 10.2. The van der Waals surface area contributed by atoms with Crippen LogP contribution in [0.1, 0.15) is 12.5 Å². The number of hydrogen-bond donors (Lipinski definition) is 1. The Bertz CT molecular complexity index is 468. The first-order valence-corrected chi connectivity index (χ1v) is 7.37. The molecule has 1 rings (SSSR count). The lowest BCUT2D eigenvalue weighted by atomic mass is 10.2. The van der Waals surface area contributed by atoms with Crippen molar-refractivity contribution in [1.82, 2.24) is 5.32 Å². The van der Waals surface area contributed by atoms with Crippen LogP contribution >= 0.6 is 11.6 Å². The number of halogens is 1. The van der Waals surface area contributed by atoms with Gasteiger partial charge in [-0.15, -0.1) is 0 Å². The number of nitrogens with zero attached hydrogens (tertiary/aromatic N) is 1. The van der Waals surface area contributed by atoms with Gasteiger partial charge in [-0.05, 0) is 18.6 Å². The molecular weight excluding hydrogens is 276 g/mol. The molecule has 0 aliphatic rings. The van der Waals surface area contributed by atoms with Crippen LogP contribution in [0.2, 0.25) is 5.02 Å². The molecule has 0 bridgehead atoms. The van der Waals surface area contributed by atoms with Gasteiger partial charge >= 0.3 is 0 Å². The van der Waals surface area contributed by atoms with Crippen molar-refractivity contribution in [3.63, 3.8) is 0 Å². The average Bonchev–Trinajstić information content (AvgIpc) is 2.30. The molecule has 2 atom stereocenters.